The molecule has 1 aromatic heterocycles. The summed E-state index contributed by atoms with van der Waals surface area (Å²) in [5.74, 6) is 1.10. The molecule has 0 spiro atoms. The summed E-state index contributed by atoms with van der Waals surface area (Å²) < 4.78 is 2.28. The molecular formula is C13H19N3. The third-order valence-electron chi connectivity index (χ3n) is 2.80. The summed E-state index contributed by atoms with van der Waals surface area (Å²) in [5.41, 5.74) is 9.17. The quantitative estimate of drug-likeness (QED) is 0.858. The van der Waals surface area contributed by atoms with E-state index in [2.05, 4.69) is 48.5 Å². The summed E-state index contributed by atoms with van der Waals surface area (Å²) in [6.45, 7) is 7.10. The summed E-state index contributed by atoms with van der Waals surface area (Å²) >= 11 is 0. The number of nitrogens with two attached hydrogens (primary N) is 1. The monoisotopic (exact) mass is 217 g/mol. The Morgan fingerprint density at radius 1 is 1.38 bits per heavy atom. The highest BCUT2D eigenvalue weighted by molar-refractivity contribution is 5.77. The van der Waals surface area contributed by atoms with Crippen LogP contribution in [-0.4, -0.2) is 16.1 Å². The molecule has 3 nitrogen and oxygen atoms in total. The number of aromatic nitrogens is 2. The fraction of sp³-hybridized carbons (Fsp3) is 0.462. The molecule has 0 unspecified atom stereocenters. The van der Waals surface area contributed by atoms with Crippen molar-refractivity contribution in [3.8, 4) is 0 Å². The van der Waals surface area contributed by atoms with E-state index in [0.717, 1.165) is 17.8 Å². The first-order valence-corrected chi connectivity index (χ1v) is 5.81. The van der Waals surface area contributed by atoms with Crippen LogP contribution in [0.1, 0.15) is 31.3 Å². The molecule has 0 saturated carbocycles. The number of hydrogen-bond donors (Lipinski definition) is 1. The van der Waals surface area contributed by atoms with E-state index < -0.39 is 0 Å². The molecule has 0 aliphatic heterocycles. The standard InChI is InChI=1S/C13H19N3/c1-9(2)16-12-5-4-10(3)8-11(12)15-13(16)6-7-14/h4-5,8-9H,6-7,14H2,1-3H3. The third kappa shape index (κ3) is 1.83. The minimum atomic E-state index is 0.425. The Bertz CT molecular complexity index is 497. The predicted molar refractivity (Wildman–Crippen MR) is 67.6 cm³/mol. The van der Waals surface area contributed by atoms with Crippen LogP contribution < -0.4 is 5.73 Å². The van der Waals surface area contributed by atoms with E-state index in [1.165, 1.54) is 11.1 Å². The maximum atomic E-state index is 5.63. The van der Waals surface area contributed by atoms with Crippen molar-refractivity contribution >= 4 is 11.0 Å². The topological polar surface area (TPSA) is 43.8 Å². The zero-order chi connectivity index (χ0) is 11.7. The second-order valence-corrected chi connectivity index (χ2v) is 4.52. The van der Waals surface area contributed by atoms with Gasteiger partial charge in [0.05, 0.1) is 11.0 Å². The molecule has 0 aliphatic carbocycles. The molecule has 1 aromatic carbocycles. The van der Waals surface area contributed by atoms with Crippen molar-refractivity contribution in [3.63, 3.8) is 0 Å². The molecule has 0 radical (unpaired) electrons. The van der Waals surface area contributed by atoms with Crippen molar-refractivity contribution < 1.29 is 0 Å². The molecular weight excluding hydrogens is 198 g/mol. The number of rotatable bonds is 3. The second-order valence-electron chi connectivity index (χ2n) is 4.52. The van der Waals surface area contributed by atoms with Crippen LogP contribution in [0.5, 0.6) is 0 Å². The van der Waals surface area contributed by atoms with Crippen molar-refractivity contribution in [2.45, 2.75) is 33.2 Å². The Labute approximate surface area is 96.3 Å². The van der Waals surface area contributed by atoms with Crippen molar-refractivity contribution in [1.82, 2.24) is 9.55 Å². The van der Waals surface area contributed by atoms with E-state index in [-0.39, 0.29) is 0 Å². The van der Waals surface area contributed by atoms with Gasteiger partial charge >= 0.3 is 0 Å². The minimum absolute atomic E-state index is 0.425. The zero-order valence-electron chi connectivity index (χ0n) is 10.2. The van der Waals surface area contributed by atoms with Gasteiger partial charge in [-0.15, -0.1) is 0 Å². The molecule has 0 amide bonds. The van der Waals surface area contributed by atoms with Gasteiger partial charge in [0.25, 0.3) is 0 Å². The lowest BCUT2D eigenvalue weighted by atomic mass is 10.2. The number of benzene rings is 1. The fourth-order valence-electron chi connectivity index (χ4n) is 2.14. The largest absolute Gasteiger partial charge is 0.330 e. The van der Waals surface area contributed by atoms with Gasteiger partial charge in [0.1, 0.15) is 5.82 Å². The first-order valence-electron chi connectivity index (χ1n) is 5.81. The van der Waals surface area contributed by atoms with Gasteiger partial charge in [-0.05, 0) is 45.0 Å². The predicted octanol–water partition coefficient (Wildman–Crippen LogP) is 2.43. The molecule has 16 heavy (non-hydrogen) atoms. The first kappa shape index (κ1) is 11.1. The van der Waals surface area contributed by atoms with Crippen molar-refractivity contribution in [2.75, 3.05) is 6.54 Å². The molecule has 2 rings (SSSR count). The maximum absolute atomic E-state index is 5.63. The summed E-state index contributed by atoms with van der Waals surface area (Å²) in [7, 11) is 0. The summed E-state index contributed by atoms with van der Waals surface area (Å²) in [5, 5.41) is 0. The SMILES string of the molecule is Cc1ccc2c(c1)nc(CCN)n2C(C)C. The van der Waals surface area contributed by atoms with E-state index in [1.807, 2.05) is 0 Å². The molecule has 0 aliphatic rings. The Hall–Kier alpha value is -1.35. The van der Waals surface area contributed by atoms with Gasteiger partial charge < -0.3 is 10.3 Å². The average molecular weight is 217 g/mol. The summed E-state index contributed by atoms with van der Waals surface area (Å²) in [6, 6.07) is 6.84. The lowest BCUT2D eigenvalue weighted by Gasteiger charge is -2.12. The van der Waals surface area contributed by atoms with Crippen molar-refractivity contribution in [2.24, 2.45) is 5.73 Å². The molecule has 0 fully saturated rings. The first-order chi connectivity index (χ1) is 7.63. The van der Waals surface area contributed by atoms with Gasteiger partial charge in [0.2, 0.25) is 0 Å². The molecule has 0 atom stereocenters. The van der Waals surface area contributed by atoms with Gasteiger partial charge in [0, 0.05) is 12.5 Å². The highest BCUT2D eigenvalue weighted by Gasteiger charge is 2.12. The Balaban J connectivity index is 2.65. The van der Waals surface area contributed by atoms with Crippen molar-refractivity contribution in [3.05, 3.63) is 29.6 Å². The molecule has 2 N–H and O–H groups in total. The lowest BCUT2D eigenvalue weighted by Crippen LogP contribution is -2.11. The van der Waals surface area contributed by atoms with E-state index >= 15 is 0 Å². The van der Waals surface area contributed by atoms with Crippen LogP contribution in [0.2, 0.25) is 0 Å². The minimum Gasteiger partial charge on any atom is -0.330 e. The van der Waals surface area contributed by atoms with E-state index in [9.17, 15) is 0 Å². The second kappa shape index (κ2) is 4.26. The molecule has 0 bridgehead atoms. The lowest BCUT2D eigenvalue weighted by molar-refractivity contribution is 0.584. The van der Waals surface area contributed by atoms with Gasteiger partial charge in [-0.1, -0.05) is 6.07 Å². The normalized spacial score (nSPS) is 11.6. The Morgan fingerprint density at radius 3 is 2.75 bits per heavy atom. The van der Waals surface area contributed by atoms with Crippen LogP contribution in [-0.2, 0) is 6.42 Å². The molecule has 2 aromatic rings. The Kier molecular flexibility index (Phi) is 2.97. The fourth-order valence-corrected chi connectivity index (χ4v) is 2.14. The molecule has 1 heterocycles. The van der Waals surface area contributed by atoms with Crippen LogP contribution in [0.3, 0.4) is 0 Å². The van der Waals surface area contributed by atoms with Gasteiger partial charge in [-0.3, -0.25) is 0 Å². The van der Waals surface area contributed by atoms with E-state index in [1.54, 1.807) is 0 Å². The van der Waals surface area contributed by atoms with Crippen LogP contribution in [0.15, 0.2) is 18.2 Å². The summed E-state index contributed by atoms with van der Waals surface area (Å²) in [6.07, 6.45) is 0.839. The van der Waals surface area contributed by atoms with Gasteiger partial charge in [0.15, 0.2) is 0 Å². The zero-order valence-corrected chi connectivity index (χ0v) is 10.2. The number of fused-ring (bicyclic) bond motifs is 1. The van der Waals surface area contributed by atoms with Gasteiger partial charge in [-0.2, -0.15) is 0 Å². The Morgan fingerprint density at radius 2 is 2.12 bits per heavy atom. The van der Waals surface area contributed by atoms with Crippen LogP contribution in [0.4, 0.5) is 0 Å². The molecule has 0 saturated heterocycles. The third-order valence-corrected chi connectivity index (χ3v) is 2.80. The van der Waals surface area contributed by atoms with E-state index in [0.29, 0.717) is 12.6 Å². The van der Waals surface area contributed by atoms with E-state index in [4.69, 9.17) is 5.73 Å². The van der Waals surface area contributed by atoms with Crippen molar-refractivity contribution in [1.29, 1.82) is 0 Å². The highest BCUT2D eigenvalue weighted by atomic mass is 15.1. The number of nitrogens with zero attached hydrogens (tertiary/aromatic N) is 2. The number of aryl methyl sites for hydroxylation is 1. The smallest absolute Gasteiger partial charge is 0.111 e. The maximum Gasteiger partial charge on any atom is 0.111 e. The van der Waals surface area contributed by atoms with Gasteiger partial charge in [-0.25, -0.2) is 4.98 Å². The number of hydrogen-bond acceptors (Lipinski definition) is 2. The summed E-state index contributed by atoms with van der Waals surface area (Å²) in [4.78, 5) is 4.67. The molecule has 86 valence electrons. The van der Waals surface area contributed by atoms with Crippen LogP contribution >= 0.6 is 0 Å². The average Bonchev–Trinajstić information content (AvgIpc) is 2.55. The van der Waals surface area contributed by atoms with Crippen LogP contribution in [0.25, 0.3) is 11.0 Å². The number of imidazole rings is 1. The van der Waals surface area contributed by atoms with Crippen LogP contribution in [0, 0.1) is 6.92 Å². The highest BCUT2D eigenvalue weighted by Crippen LogP contribution is 2.22. The molecule has 3 heteroatoms.